The van der Waals surface area contributed by atoms with Gasteiger partial charge in [-0.3, -0.25) is 23.9 Å². The van der Waals surface area contributed by atoms with Crippen LogP contribution in [0.1, 0.15) is 11.6 Å². The Bertz CT molecular complexity index is 1800. The van der Waals surface area contributed by atoms with E-state index in [1.807, 2.05) is 0 Å². The number of aliphatic carboxylic acids is 1. The van der Waals surface area contributed by atoms with Gasteiger partial charge in [-0.25, -0.2) is 19.1 Å². The summed E-state index contributed by atoms with van der Waals surface area (Å²) in [6.45, 7) is 0. The number of fused-ring (bicyclic) bond motifs is 1. The molecule has 44 heavy (non-hydrogen) atoms. The van der Waals surface area contributed by atoms with Crippen LogP contribution in [0.2, 0.25) is 0 Å². The minimum atomic E-state index is -1.40. The Morgan fingerprint density at radius 1 is 1.18 bits per heavy atom. The number of carbonyl (C=O) groups excluding carboxylic acids is 3. The summed E-state index contributed by atoms with van der Waals surface area (Å²) in [5.41, 5.74) is -1.22. The predicted molar refractivity (Wildman–Crippen MR) is 155 cm³/mol. The van der Waals surface area contributed by atoms with Crippen LogP contribution in [-0.4, -0.2) is 91.6 Å². The molecule has 0 bridgehead atoms. The Morgan fingerprint density at radius 2 is 1.91 bits per heavy atom. The highest BCUT2D eigenvalue weighted by atomic mass is 32.2. The second kappa shape index (κ2) is 12.2. The van der Waals surface area contributed by atoms with Crippen molar-refractivity contribution >= 4 is 53.0 Å². The molecule has 2 aromatic heterocycles. The van der Waals surface area contributed by atoms with Crippen LogP contribution in [0.15, 0.2) is 56.5 Å². The molecule has 4 heterocycles. The molecule has 2 aliphatic rings. The minimum Gasteiger partial charge on any atom is -0.508 e. The van der Waals surface area contributed by atoms with E-state index < -0.39 is 52.5 Å². The molecule has 2 unspecified atom stereocenters. The standard InChI is InChI=1S/C24H24N10O8S2/c1-32-18(37)13(7-25-23(32)42)26-22(41)28-14(10-3-5-12(35)6-4-10)17(36)27-15-19(38)34-16(21(39)40)11(8-43-20(15)34)9-44-24-29-30-31-33(24)2/h3-7,14-15,20,35H,8-9H2,1-2H3,(H,25,42)(H,27,36)(H,39,40)(H2,26,28,41)/t14?,15?,20-/m0/s1. The van der Waals surface area contributed by atoms with Gasteiger partial charge in [-0.15, -0.1) is 16.9 Å². The van der Waals surface area contributed by atoms with Gasteiger partial charge < -0.3 is 31.1 Å². The molecule has 3 atom stereocenters. The number of anilines is 1. The SMILES string of the molecule is Cn1nnnc1SCC1=C(C(=O)O)N2C(=O)C(NC(=O)C(NC(=O)Nc3c[nH]c(=O)n(C)c3=O)c3ccc(O)cc3)[C@@H]2SC1. The first kappa shape index (κ1) is 30.4. The van der Waals surface area contributed by atoms with E-state index in [9.17, 15) is 39.0 Å². The number of urea groups is 1. The lowest BCUT2D eigenvalue weighted by atomic mass is 10.0. The topological polar surface area (TPSA) is 247 Å². The second-order valence-corrected chi connectivity index (χ2v) is 11.6. The first-order valence-corrected chi connectivity index (χ1v) is 14.7. The molecule has 0 spiro atoms. The molecule has 4 amide bonds. The molecule has 5 rings (SSSR count). The van der Waals surface area contributed by atoms with Crippen molar-refractivity contribution in [1.82, 2.24) is 45.3 Å². The number of phenols is 1. The van der Waals surface area contributed by atoms with Gasteiger partial charge in [0.1, 0.15) is 34.6 Å². The number of nitrogens with zero attached hydrogens (tertiary/aromatic N) is 6. The molecule has 1 fully saturated rings. The number of carbonyl (C=O) groups is 4. The number of amides is 4. The summed E-state index contributed by atoms with van der Waals surface area (Å²) in [5, 5.41) is 37.8. The maximum absolute atomic E-state index is 13.5. The van der Waals surface area contributed by atoms with Crippen molar-refractivity contribution in [3.8, 4) is 5.75 Å². The molecule has 0 radical (unpaired) electrons. The monoisotopic (exact) mass is 644 g/mol. The van der Waals surface area contributed by atoms with Gasteiger partial charge in [-0.2, -0.15) is 0 Å². The third-order valence-corrected chi connectivity index (χ3v) is 9.13. The number of aromatic amines is 1. The lowest BCUT2D eigenvalue weighted by Crippen LogP contribution is -2.71. The number of hydrogen-bond acceptors (Lipinski definition) is 12. The van der Waals surface area contributed by atoms with Crippen LogP contribution < -0.4 is 27.2 Å². The van der Waals surface area contributed by atoms with Crippen LogP contribution in [-0.2, 0) is 28.5 Å². The van der Waals surface area contributed by atoms with E-state index >= 15 is 0 Å². The van der Waals surface area contributed by atoms with E-state index in [4.69, 9.17) is 0 Å². The summed E-state index contributed by atoms with van der Waals surface area (Å²) in [7, 11) is 2.85. The molecule has 0 saturated carbocycles. The third-order valence-electron chi connectivity index (χ3n) is 6.70. The maximum atomic E-state index is 13.5. The summed E-state index contributed by atoms with van der Waals surface area (Å²) in [5.74, 6) is -2.38. The van der Waals surface area contributed by atoms with Crippen LogP contribution in [0.25, 0.3) is 0 Å². The van der Waals surface area contributed by atoms with Crippen molar-refractivity contribution in [3.05, 3.63) is 68.1 Å². The number of tetrazole rings is 1. The van der Waals surface area contributed by atoms with Crippen LogP contribution >= 0.6 is 23.5 Å². The largest absolute Gasteiger partial charge is 0.508 e. The quantitative estimate of drug-likeness (QED) is 0.117. The van der Waals surface area contributed by atoms with Gasteiger partial charge >= 0.3 is 17.7 Å². The Balaban J connectivity index is 1.32. The van der Waals surface area contributed by atoms with Crippen LogP contribution in [0.4, 0.5) is 10.5 Å². The molecule has 1 aromatic carbocycles. The van der Waals surface area contributed by atoms with Crippen molar-refractivity contribution in [2.24, 2.45) is 14.1 Å². The third kappa shape index (κ3) is 5.88. The Labute approximate surface area is 254 Å². The maximum Gasteiger partial charge on any atom is 0.352 e. The van der Waals surface area contributed by atoms with E-state index in [-0.39, 0.29) is 34.2 Å². The molecule has 3 aromatic rings. The number of H-pyrrole nitrogens is 1. The first-order valence-electron chi connectivity index (χ1n) is 12.7. The van der Waals surface area contributed by atoms with Crippen LogP contribution in [0, 0.1) is 0 Å². The van der Waals surface area contributed by atoms with Gasteiger partial charge in [-0.1, -0.05) is 23.9 Å². The molecule has 6 N–H and O–H groups in total. The van der Waals surface area contributed by atoms with Gasteiger partial charge in [0.25, 0.3) is 11.5 Å². The lowest BCUT2D eigenvalue weighted by molar-refractivity contribution is -0.150. The number of nitrogens with one attached hydrogen (secondary N) is 4. The van der Waals surface area contributed by atoms with Gasteiger partial charge in [-0.05, 0) is 33.7 Å². The second-order valence-electron chi connectivity index (χ2n) is 9.52. The number of phenolic OH excluding ortho intramolecular Hbond substituents is 1. The number of aromatic hydroxyl groups is 1. The number of rotatable bonds is 9. The molecule has 20 heteroatoms. The molecule has 2 aliphatic heterocycles. The fourth-order valence-electron chi connectivity index (χ4n) is 4.44. The smallest absolute Gasteiger partial charge is 0.352 e. The van der Waals surface area contributed by atoms with E-state index in [1.165, 1.54) is 59.5 Å². The highest BCUT2D eigenvalue weighted by Crippen LogP contribution is 2.41. The highest BCUT2D eigenvalue weighted by Gasteiger charge is 2.54. The molecule has 0 aliphatic carbocycles. The van der Waals surface area contributed by atoms with E-state index in [1.54, 1.807) is 7.05 Å². The van der Waals surface area contributed by atoms with E-state index in [0.29, 0.717) is 10.7 Å². The van der Waals surface area contributed by atoms with Crippen LogP contribution in [0.3, 0.4) is 0 Å². The van der Waals surface area contributed by atoms with Crippen molar-refractivity contribution < 1.29 is 29.4 Å². The molecule has 230 valence electrons. The fourth-order valence-corrected chi connectivity index (χ4v) is 6.77. The Morgan fingerprint density at radius 3 is 2.57 bits per heavy atom. The Hall–Kier alpha value is -5.11. The summed E-state index contributed by atoms with van der Waals surface area (Å²) < 4.78 is 2.18. The van der Waals surface area contributed by atoms with Crippen molar-refractivity contribution in [1.29, 1.82) is 0 Å². The molecular weight excluding hydrogens is 620 g/mol. The zero-order valence-corrected chi connectivity index (χ0v) is 24.5. The number of β-lactam (4-membered cyclic amide) rings is 1. The lowest BCUT2D eigenvalue weighted by Gasteiger charge is -2.49. The minimum absolute atomic E-state index is 0.102. The summed E-state index contributed by atoms with van der Waals surface area (Å²) in [6.07, 6.45) is 1.01. The zero-order chi connectivity index (χ0) is 31.7. The number of hydrogen-bond donors (Lipinski definition) is 6. The average molecular weight is 645 g/mol. The zero-order valence-electron chi connectivity index (χ0n) is 22.9. The fraction of sp³-hybridized carbons (Fsp3) is 0.292. The molecular formula is C24H24N10O8S2. The average Bonchev–Trinajstić information content (AvgIpc) is 3.41. The van der Waals surface area contributed by atoms with Crippen molar-refractivity contribution in [2.45, 2.75) is 22.6 Å². The van der Waals surface area contributed by atoms with Crippen molar-refractivity contribution in [2.75, 3.05) is 16.8 Å². The van der Waals surface area contributed by atoms with E-state index in [0.717, 1.165) is 15.7 Å². The highest BCUT2D eigenvalue weighted by molar-refractivity contribution is 8.01. The molecule has 1 saturated heterocycles. The number of thioether (sulfide) groups is 2. The number of aryl methyl sites for hydroxylation is 1. The summed E-state index contributed by atoms with van der Waals surface area (Å²) in [4.78, 5) is 79.1. The summed E-state index contributed by atoms with van der Waals surface area (Å²) >= 11 is 2.48. The van der Waals surface area contributed by atoms with Crippen LogP contribution in [0.5, 0.6) is 5.75 Å². The van der Waals surface area contributed by atoms with Gasteiger partial charge in [0.2, 0.25) is 11.1 Å². The molecule has 18 nitrogen and oxygen atoms in total. The van der Waals surface area contributed by atoms with E-state index in [2.05, 4.69) is 36.5 Å². The number of benzene rings is 1. The van der Waals surface area contributed by atoms with Gasteiger partial charge in [0, 0.05) is 31.8 Å². The number of carboxylic acid groups (broad SMARTS) is 1. The summed E-state index contributed by atoms with van der Waals surface area (Å²) in [6, 6.07) is 1.86. The first-order chi connectivity index (χ1) is 21.0. The van der Waals surface area contributed by atoms with Gasteiger partial charge in [0.15, 0.2) is 0 Å². The normalized spacial score (nSPS) is 18.2. The van der Waals surface area contributed by atoms with Gasteiger partial charge in [0.05, 0.1) is 0 Å². The van der Waals surface area contributed by atoms with Crippen molar-refractivity contribution in [3.63, 3.8) is 0 Å². The Kier molecular flexibility index (Phi) is 8.45. The number of carboxylic acids is 1. The number of aromatic nitrogens is 6. The predicted octanol–water partition coefficient (Wildman–Crippen LogP) is -1.30.